The van der Waals surface area contributed by atoms with Gasteiger partial charge in [-0.15, -0.1) is 0 Å². The topological polar surface area (TPSA) is 72.3 Å². The Bertz CT molecular complexity index is 39.7. The summed E-state index contributed by atoms with van der Waals surface area (Å²) < 4.78 is 0. The largest absolute Gasteiger partial charge is 0.516 e. The zero-order valence-corrected chi connectivity index (χ0v) is 5.17. The van der Waals surface area contributed by atoms with E-state index in [4.69, 9.17) is 16.6 Å². The van der Waals surface area contributed by atoms with Gasteiger partial charge in [0.2, 0.25) is 0 Å². The van der Waals surface area contributed by atoms with Crippen molar-refractivity contribution in [2.75, 3.05) is 13.1 Å². The van der Waals surface area contributed by atoms with E-state index in [9.17, 15) is 0 Å². The lowest BCUT2D eigenvalue weighted by molar-refractivity contribution is 0.472. The average molecular weight is 118 g/mol. The first-order valence-electron chi connectivity index (χ1n) is 2.49. The lowest BCUT2D eigenvalue weighted by Gasteiger charge is -1.72. The van der Waals surface area contributed by atoms with Gasteiger partial charge in [0.05, 0.1) is 6.26 Å². The SMILES string of the molecule is CC=CO.NCCN. The summed E-state index contributed by atoms with van der Waals surface area (Å²) in [6.07, 6.45) is 2.56. The zero-order valence-electron chi connectivity index (χ0n) is 5.17. The van der Waals surface area contributed by atoms with Crippen LogP contribution in [0.4, 0.5) is 0 Å². The fraction of sp³-hybridized carbons (Fsp3) is 0.600. The first-order chi connectivity index (χ1) is 3.83. The van der Waals surface area contributed by atoms with Gasteiger partial charge in [-0.25, -0.2) is 0 Å². The lowest BCUT2D eigenvalue weighted by Crippen LogP contribution is -2.11. The molecule has 50 valence electrons. The molecule has 0 heterocycles. The molecule has 8 heavy (non-hydrogen) atoms. The van der Waals surface area contributed by atoms with Crippen molar-refractivity contribution in [2.24, 2.45) is 11.5 Å². The smallest absolute Gasteiger partial charge is 0.0748 e. The standard InChI is InChI=1S/C3H6O.C2H8N2/c1-2-3-4;3-1-2-4/h2-4H,1H3;1-4H2. The van der Waals surface area contributed by atoms with Gasteiger partial charge in [0, 0.05) is 13.1 Å². The van der Waals surface area contributed by atoms with E-state index >= 15 is 0 Å². The highest BCUT2D eigenvalue weighted by Gasteiger charge is 1.54. The summed E-state index contributed by atoms with van der Waals surface area (Å²) in [5.41, 5.74) is 9.81. The summed E-state index contributed by atoms with van der Waals surface area (Å²) in [7, 11) is 0. The van der Waals surface area contributed by atoms with E-state index < -0.39 is 0 Å². The van der Waals surface area contributed by atoms with Crippen LogP contribution in [0.3, 0.4) is 0 Å². The molecule has 0 spiro atoms. The molecule has 0 aromatic carbocycles. The Hall–Kier alpha value is -0.540. The molecule has 0 rings (SSSR count). The van der Waals surface area contributed by atoms with Crippen LogP contribution in [0.1, 0.15) is 6.92 Å². The minimum absolute atomic E-state index is 0.597. The van der Waals surface area contributed by atoms with Crippen LogP contribution in [-0.2, 0) is 0 Å². The number of nitrogens with two attached hydrogens (primary N) is 2. The third kappa shape index (κ3) is 51.0. The second-order valence-electron chi connectivity index (χ2n) is 1.06. The van der Waals surface area contributed by atoms with Crippen molar-refractivity contribution in [1.82, 2.24) is 0 Å². The van der Waals surface area contributed by atoms with Crippen LogP contribution in [0.5, 0.6) is 0 Å². The Balaban J connectivity index is 0. The molecule has 0 atom stereocenters. The molecule has 0 bridgehead atoms. The molecule has 3 heteroatoms. The number of allylic oxidation sites excluding steroid dienone is 1. The molecule has 0 radical (unpaired) electrons. The minimum atomic E-state index is 0.597. The second-order valence-corrected chi connectivity index (χ2v) is 1.06. The van der Waals surface area contributed by atoms with Crippen molar-refractivity contribution in [3.05, 3.63) is 12.3 Å². The van der Waals surface area contributed by atoms with Crippen molar-refractivity contribution in [3.8, 4) is 0 Å². The van der Waals surface area contributed by atoms with Crippen LogP contribution < -0.4 is 11.5 Å². The molecule has 3 nitrogen and oxygen atoms in total. The third-order valence-electron chi connectivity index (χ3n) is 0.316. The molecule has 0 aliphatic rings. The van der Waals surface area contributed by atoms with Gasteiger partial charge in [-0.1, -0.05) is 6.08 Å². The van der Waals surface area contributed by atoms with E-state index in [0.29, 0.717) is 13.1 Å². The van der Waals surface area contributed by atoms with Gasteiger partial charge in [0.1, 0.15) is 0 Å². The van der Waals surface area contributed by atoms with Crippen LogP contribution in [0, 0.1) is 0 Å². The number of hydrogen-bond donors (Lipinski definition) is 3. The first kappa shape index (κ1) is 10.4. The summed E-state index contributed by atoms with van der Waals surface area (Å²) >= 11 is 0. The van der Waals surface area contributed by atoms with Crippen LogP contribution >= 0.6 is 0 Å². The van der Waals surface area contributed by atoms with E-state index in [-0.39, 0.29) is 0 Å². The monoisotopic (exact) mass is 118 g/mol. The number of rotatable bonds is 1. The predicted octanol–water partition coefficient (Wildman–Crippen LogP) is -0.0182. The van der Waals surface area contributed by atoms with Crippen molar-refractivity contribution in [2.45, 2.75) is 6.92 Å². The molecule has 0 saturated heterocycles. The highest BCUT2D eigenvalue weighted by Crippen LogP contribution is 1.51. The normalized spacial score (nSPS) is 8.38. The summed E-state index contributed by atoms with van der Waals surface area (Å²) in [6.45, 7) is 2.94. The maximum atomic E-state index is 7.69. The van der Waals surface area contributed by atoms with Crippen LogP contribution in [0.25, 0.3) is 0 Å². The maximum Gasteiger partial charge on any atom is 0.0748 e. The molecule has 0 fully saturated rings. The van der Waals surface area contributed by atoms with Gasteiger partial charge in [0.25, 0.3) is 0 Å². The van der Waals surface area contributed by atoms with Crippen molar-refractivity contribution >= 4 is 0 Å². The molecule has 5 N–H and O–H groups in total. The van der Waals surface area contributed by atoms with Gasteiger partial charge in [-0.3, -0.25) is 0 Å². The first-order valence-corrected chi connectivity index (χ1v) is 2.49. The van der Waals surface area contributed by atoms with E-state index in [0.717, 1.165) is 6.26 Å². The second kappa shape index (κ2) is 16.1. The zero-order chi connectivity index (χ0) is 6.83. The van der Waals surface area contributed by atoms with E-state index in [1.54, 1.807) is 13.0 Å². The number of aliphatic hydroxyl groups is 1. The van der Waals surface area contributed by atoms with Crippen LogP contribution in [0.15, 0.2) is 12.3 Å². The van der Waals surface area contributed by atoms with Gasteiger partial charge in [0.15, 0.2) is 0 Å². The Morgan fingerprint density at radius 2 is 1.62 bits per heavy atom. The number of aliphatic hydroxyl groups excluding tert-OH is 1. The average Bonchev–Trinajstić information content (AvgIpc) is 1.88. The van der Waals surface area contributed by atoms with Gasteiger partial charge in [-0.2, -0.15) is 0 Å². The molecule has 0 aliphatic carbocycles. The van der Waals surface area contributed by atoms with E-state index in [1.807, 2.05) is 0 Å². The molecule has 0 saturated carbocycles. The Morgan fingerprint density at radius 1 is 1.38 bits per heavy atom. The number of hydrogen-bond acceptors (Lipinski definition) is 3. The lowest BCUT2D eigenvalue weighted by atomic mass is 10.7. The van der Waals surface area contributed by atoms with Crippen LogP contribution in [-0.4, -0.2) is 18.2 Å². The summed E-state index contributed by atoms with van der Waals surface area (Å²) in [6, 6.07) is 0. The van der Waals surface area contributed by atoms with Gasteiger partial charge in [-0.05, 0) is 6.92 Å². The molecule has 0 aliphatic heterocycles. The third-order valence-corrected chi connectivity index (χ3v) is 0.316. The highest BCUT2D eigenvalue weighted by atomic mass is 16.2. The van der Waals surface area contributed by atoms with Crippen molar-refractivity contribution < 1.29 is 5.11 Å². The minimum Gasteiger partial charge on any atom is -0.516 e. The molecular formula is C5H14N2O. The van der Waals surface area contributed by atoms with Gasteiger partial charge >= 0.3 is 0 Å². The fourth-order valence-electron chi connectivity index (χ4n) is 0. The molecule has 0 amide bonds. The molecular weight excluding hydrogens is 104 g/mol. The Kier molecular flexibility index (Phi) is 21.0. The van der Waals surface area contributed by atoms with Crippen LogP contribution in [0.2, 0.25) is 0 Å². The Morgan fingerprint density at radius 3 is 1.62 bits per heavy atom. The van der Waals surface area contributed by atoms with Crippen molar-refractivity contribution in [3.63, 3.8) is 0 Å². The Labute approximate surface area is 50.0 Å². The molecule has 0 aromatic heterocycles. The molecule has 0 unspecified atom stereocenters. The maximum absolute atomic E-state index is 7.69. The van der Waals surface area contributed by atoms with E-state index in [1.165, 1.54) is 0 Å². The summed E-state index contributed by atoms with van der Waals surface area (Å²) in [5.74, 6) is 0. The highest BCUT2D eigenvalue weighted by molar-refractivity contribution is 4.60. The molecule has 0 aromatic rings. The summed E-state index contributed by atoms with van der Waals surface area (Å²) in [4.78, 5) is 0. The van der Waals surface area contributed by atoms with E-state index in [2.05, 4.69) is 0 Å². The van der Waals surface area contributed by atoms with Crippen molar-refractivity contribution in [1.29, 1.82) is 0 Å². The van der Waals surface area contributed by atoms with Gasteiger partial charge < -0.3 is 16.6 Å². The summed E-state index contributed by atoms with van der Waals surface area (Å²) in [5, 5.41) is 7.69. The quantitative estimate of drug-likeness (QED) is 0.424. The fourth-order valence-corrected chi connectivity index (χ4v) is 0. The predicted molar refractivity (Wildman–Crippen MR) is 35.6 cm³/mol.